The molecule has 0 radical (unpaired) electrons. The van der Waals surface area contributed by atoms with Gasteiger partial charge in [0.1, 0.15) is 0 Å². The Morgan fingerprint density at radius 2 is 2.29 bits per heavy atom. The summed E-state index contributed by atoms with van der Waals surface area (Å²) in [5.41, 5.74) is 0. The fourth-order valence-electron chi connectivity index (χ4n) is 1.82. The van der Waals surface area contributed by atoms with Crippen molar-refractivity contribution in [3.8, 4) is 0 Å². The normalized spacial score (nSPS) is 18.9. The van der Waals surface area contributed by atoms with Gasteiger partial charge in [-0.15, -0.1) is 11.3 Å². The number of nitrogens with zero attached hydrogens (tertiary/aromatic N) is 1. The number of likely N-dealkylation sites (tertiary alicyclic amines) is 1. The molecule has 0 bridgehead atoms. The van der Waals surface area contributed by atoms with Crippen molar-refractivity contribution in [3.63, 3.8) is 0 Å². The van der Waals surface area contributed by atoms with Crippen LogP contribution in [0.1, 0.15) is 18.7 Å². The molecular weight excluding hydrogens is 258 g/mol. The van der Waals surface area contributed by atoms with Crippen molar-refractivity contribution in [2.75, 3.05) is 13.1 Å². The van der Waals surface area contributed by atoms with Gasteiger partial charge in [0.25, 0.3) is 0 Å². The molecule has 78 valence electrons. The third-order valence-electron chi connectivity index (χ3n) is 2.93. The van der Waals surface area contributed by atoms with Crippen molar-refractivity contribution >= 4 is 27.3 Å². The van der Waals surface area contributed by atoms with E-state index < -0.39 is 0 Å². The SMILES string of the molecule is CC(C)C1CN(Cc2cc(Br)cs2)C1. The van der Waals surface area contributed by atoms with Crippen LogP contribution < -0.4 is 0 Å². The summed E-state index contributed by atoms with van der Waals surface area (Å²) in [7, 11) is 0. The fourth-order valence-corrected chi connectivity index (χ4v) is 3.31. The van der Waals surface area contributed by atoms with Crippen LogP contribution in [0.25, 0.3) is 0 Å². The first-order valence-corrected chi connectivity index (χ1v) is 6.77. The summed E-state index contributed by atoms with van der Waals surface area (Å²) in [5, 5.41) is 2.16. The van der Waals surface area contributed by atoms with E-state index in [0.29, 0.717) is 0 Å². The highest BCUT2D eigenvalue weighted by molar-refractivity contribution is 9.10. The average Bonchev–Trinajstić information content (AvgIpc) is 2.42. The van der Waals surface area contributed by atoms with Gasteiger partial charge in [0.15, 0.2) is 0 Å². The molecule has 0 spiro atoms. The Hall–Kier alpha value is 0.140. The lowest BCUT2D eigenvalue weighted by Crippen LogP contribution is -2.47. The minimum Gasteiger partial charge on any atom is -0.298 e. The number of halogens is 1. The minimum absolute atomic E-state index is 0.848. The zero-order chi connectivity index (χ0) is 10.1. The van der Waals surface area contributed by atoms with Crippen LogP contribution in [0.15, 0.2) is 15.9 Å². The highest BCUT2D eigenvalue weighted by atomic mass is 79.9. The predicted molar refractivity (Wildman–Crippen MR) is 65.6 cm³/mol. The van der Waals surface area contributed by atoms with E-state index in [1.54, 1.807) is 0 Å². The van der Waals surface area contributed by atoms with Crippen molar-refractivity contribution in [2.24, 2.45) is 11.8 Å². The number of rotatable bonds is 3. The van der Waals surface area contributed by atoms with Crippen LogP contribution in [-0.2, 0) is 6.54 Å². The second kappa shape index (κ2) is 4.33. The van der Waals surface area contributed by atoms with Crippen LogP contribution in [0.4, 0.5) is 0 Å². The van der Waals surface area contributed by atoms with Gasteiger partial charge in [0, 0.05) is 34.4 Å². The van der Waals surface area contributed by atoms with Crippen LogP contribution in [0.5, 0.6) is 0 Å². The van der Waals surface area contributed by atoms with Gasteiger partial charge < -0.3 is 0 Å². The predicted octanol–water partition coefficient (Wildman–Crippen LogP) is 3.60. The average molecular weight is 274 g/mol. The lowest BCUT2D eigenvalue weighted by molar-refractivity contribution is 0.0624. The molecule has 1 aromatic heterocycles. The number of thiophene rings is 1. The maximum atomic E-state index is 3.49. The quantitative estimate of drug-likeness (QED) is 0.814. The van der Waals surface area contributed by atoms with E-state index in [4.69, 9.17) is 0 Å². The van der Waals surface area contributed by atoms with Gasteiger partial charge in [-0.2, -0.15) is 0 Å². The van der Waals surface area contributed by atoms with Gasteiger partial charge in [-0.1, -0.05) is 13.8 Å². The minimum atomic E-state index is 0.848. The monoisotopic (exact) mass is 273 g/mol. The van der Waals surface area contributed by atoms with Gasteiger partial charge in [0.05, 0.1) is 0 Å². The van der Waals surface area contributed by atoms with E-state index in [9.17, 15) is 0 Å². The zero-order valence-electron chi connectivity index (χ0n) is 8.66. The Morgan fingerprint density at radius 1 is 1.57 bits per heavy atom. The number of hydrogen-bond acceptors (Lipinski definition) is 2. The second-order valence-corrected chi connectivity index (χ2v) is 6.34. The molecule has 1 aliphatic rings. The van der Waals surface area contributed by atoms with Crippen LogP contribution in [0.3, 0.4) is 0 Å². The summed E-state index contributed by atoms with van der Waals surface area (Å²) < 4.78 is 1.22. The van der Waals surface area contributed by atoms with Crippen molar-refractivity contribution in [2.45, 2.75) is 20.4 Å². The molecule has 14 heavy (non-hydrogen) atoms. The van der Waals surface area contributed by atoms with Crippen LogP contribution in [-0.4, -0.2) is 18.0 Å². The van der Waals surface area contributed by atoms with Crippen molar-refractivity contribution < 1.29 is 0 Å². The summed E-state index contributed by atoms with van der Waals surface area (Å²) in [6, 6.07) is 2.23. The Kier molecular flexibility index (Phi) is 3.30. The molecule has 0 amide bonds. The second-order valence-electron chi connectivity index (χ2n) is 4.43. The van der Waals surface area contributed by atoms with Gasteiger partial charge in [-0.25, -0.2) is 0 Å². The van der Waals surface area contributed by atoms with E-state index in [-0.39, 0.29) is 0 Å². The molecule has 1 saturated heterocycles. The first-order valence-electron chi connectivity index (χ1n) is 5.10. The Labute approximate surface area is 98.2 Å². The topological polar surface area (TPSA) is 3.24 Å². The largest absolute Gasteiger partial charge is 0.298 e. The lowest BCUT2D eigenvalue weighted by atomic mass is 9.88. The first-order chi connectivity index (χ1) is 6.65. The summed E-state index contributed by atoms with van der Waals surface area (Å²) in [4.78, 5) is 4.00. The molecule has 0 aliphatic carbocycles. The van der Waals surface area contributed by atoms with Gasteiger partial charge in [-0.05, 0) is 33.8 Å². The van der Waals surface area contributed by atoms with Crippen LogP contribution >= 0.6 is 27.3 Å². The fraction of sp³-hybridized carbons (Fsp3) is 0.636. The highest BCUT2D eigenvalue weighted by Gasteiger charge is 2.28. The maximum Gasteiger partial charge on any atom is 0.0328 e. The lowest BCUT2D eigenvalue weighted by Gasteiger charge is -2.41. The summed E-state index contributed by atoms with van der Waals surface area (Å²) in [6.07, 6.45) is 0. The molecule has 2 heterocycles. The summed E-state index contributed by atoms with van der Waals surface area (Å²) >= 11 is 5.34. The van der Waals surface area contributed by atoms with Gasteiger partial charge in [0.2, 0.25) is 0 Å². The molecule has 0 saturated carbocycles. The van der Waals surface area contributed by atoms with Crippen molar-refractivity contribution in [3.05, 3.63) is 20.8 Å². The van der Waals surface area contributed by atoms with E-state index in [0.717, 1.165) is 18.4 Å². The first kappa shape index (κ1) is 10.7. The Balaban J connectivity index is 1.79. The van der Waals surface area contributed by atoms with E-state index >= 15 is 0 Å². The number of hydrogen-bond donors (Lipinski definition) is 0. The zero-order valence-corrected chi connectivity index (χ0v) is 11.1. The molecule has 2 rings (SSSR count). The van der Waals surface area contributed by atoms with Gasteiger partial charge >= 0.3 is 0 Å². The highest BCUT2D eigenvalue weighted by Crippen LogP contribution is 2.27. The standard InChI is InChI=1S/C11H16BrNS/c1-8(2)9-4-13(5-9)6-11-3-10(12)7-14-11/h3,7-9H,4-6H2,1-2H3. The van der Waals surface area contributed by atoms with E-state index in [2.05, 4.69) is 46.1 Å². The summed E-state index contributed by atoms with van der Waals surface area (Å²) in [5.74, 6) is 1.78. The molecule has 3 heteroatoms. The van der Waals surface area contributed by atoms with Gasteiger partial charge in [-0.3, -0.25) is 4.90 Å². The third-order valence-corrected chi connectivity index (χ3v) is 4.61. The van der Waals surface area contributed by atoms with Crippen molar-refractivity contribution in [1.82, 2.24) is 4.90 Å². The van der Waals surface area contributed by atoms with E-state index in [1.165, 1.54) is 22.4 Å². The third kappa shape index (κ3) is 2.38. The Morgan fingerprint density at radius 3 is 2.79 bits per heavy atom. The maximum absolute atomic E-state index is 3.49. The molecule has 0 unspecified atom stereocenters. The molecule has 1 nitrogen and oxygen atoms in total. The Bertz CT molecular complexity index is 302. The molecular formula is C11H16BrNS. The molecule has 0 atom stereocenters. The smallest absolute Gasteiger partial charge is 0.0328 e. The van der Waals surface area contributed by atoms with Crippen LogP contribution in [0, 0.1) is 11.8 Å². The molecule has 0 aromatic carbocycles. The molecule has 1 aliphatic heterocycles. The van der Waals surface area contributed by atoms with Crippen molar-refractivity contribution in [1.29, 1.82) is 0 Å². The molecule has 1 aromatic rings. The van der Waals surface area contributed by atoms with Crippen LogP contribution in [0.2, 0.25) is 0 Å². The molecule has 1 fully saturated rings. The summed E-state index contributed by atoms with van der Waals surface area (Å²) in [6.45, 7) is 8.35. The van der Waals surface area contributed by atoms with E-state index in [1.807, 2.05) is 11.3 Å². The molecule has 0 N–H and O–H groups in total.